The van der Waals surface area contributed by atoms with Crippen molar-refractivity contribution in [3.63, 3.8) is 0 Å². The first-order valence-electron chi connectivity index (χ1n) is 16.0. The van der Waals surface area contributed by atoms with Crippen molar-refractivity contribution in [1.82, 2.24) is 29.2 Å². The molecule has 13 heteroatoms. The first-order chi connectivity index (χ1) is 23.1. The van der Waals surface area contributed by atoms with Crippen LogP contribution in [0, 0.1) is 0 Å². The second-order valence-electron chi connectivity index (χ2n) is 13.3. The summed E-state index contributed by atoms with van der Waals surface area (Å²) >= 11 is 0. The zero-order chi connectivity index (χ0) is 35.2. The Morgan fingerprint density at radius 2 is 1.80 bits per heavy atom. The molecule has 0 aliphatic carbocycles. The summed E-state index contributed by atoms with van der Waals surface area (Å²) in [6, 6.07) is 9.28. The van der Waals surface area contributed by atoms with Crippen molar-refractivity contribution in [2.24, 2.45) is 7.05 Å². The molecular formula is C36H38F3N7O3. The number of alkyl halides is 3. The Morgan fingerprint density at radius 3 is 2.47 bits per heavy atom. The number of anilines is 1. The summed E-state index contributed by atoms with van der Waals surface area (Å²) in [4.78, 5) is 39.2. The Hall–Kier alpha value is -5.20. The number of carbonyl (C=O) groups is 2. The van der Waals surface area contributed by atoms with E-state index in [0.717, 1.165) is 21.2 Å². The summed E-state index contributed by atoms with van der Waals surface area (Å²) in [7, 11) is 3.12. The van der Waals surface area contributed by atoms with Gasteiger partial charge in [-0.3, -0.25) is 14.5 Å². The maximum Gasteiger partial charge on any atom is 0.435 e. The zero-order valence-electron chi connectivity index (χ0n) is 28.3. The largest absolute Gasteiger partial charge is 0.444 e. The molecule has 0 saturated heterocycles. The second kappa shape index (κ2) is 12.7. The fraction of sp³-hybridized carbons (Fsp3) is 0.361. The minimum absolute atomic E-state index is 0.0688. The van der Waals surface area contributed by atoms with E-state index < -0.39 is 23.6 Å². The van der Waals surface area contributed by atoms with Gasteiger partial charge in [-0.15, -0.1) is 0 Å². The molecule has 0 saturated carbocycles. The van der Waals surface area contributed by atoms with Crippen molar-refractivity contribution in [2.45, 2.75) is 65.4 Å². The van der Waals surface area contributed by atoms with E-state index in [1.54, 1.807) is 59.6 Å². The SMILES string of the molecule is CCc1cc(CN(C)C(=O)OC(C)(C)C)c2nccc(N3CCc4c(cc(Cn5ccnc5)cc4-c4cn(C)nc4C(F)(F)F)C3=O)c2c1. The first-order valence-corrected chi connectivity index (χ1v) is 16.0. The predicted molar refractivity (Wildman–Crippen MR) is 179 cm³/mol. The molecule has 6 rings (SSSR count). The third-order valence-electron chi connectivity index (χ3n) is 8.45. The maximum atomic E-state index is 14.5. The molecule has 3 aromatic heterocycles. The van der Waals surface area contributed by atoms with E-state index in [2.05, 4.69) is 15.1 Å². The average Bonchev–Trinajstić information content (AvgIpc) is 3.69. The number of carbonyl (C=O) groups excluding carboxylic acids is 2. The van der Waals surface area contributed by atoms with Crippen LogP contribution < -0.4 is 4.90 Å². The highest BCUT2D eigenvalue weighted by molar-refractivity contribution is 6.13. The van der Waals surface area contributed by atoms with Gasteiger partial charge in [0, 0.05) is 68.5 Å². The van der Waals surface area contributed by atoms with Gasteiger partial charge in [0.2, 0.25) is 0 Å². The molecule has 0 radical (unpaired) electrons. The van der Waals surface area contributed by atoms with Crippen LogP contribution in [-0.2, 0) is 43.9 Å². The van der Waals surface area contributed by atoms with E-state index in [1.807, 2.05) is 39.8 Å². The first kappa shape index (κ1) is 33.7. The van der Waals surface area contributed by atoms with Crippen LogP contribution in [0.5, 0.6) is 0 Å². The highest BCUT2D eigenvalue weighted by atomic mass is 19.4. The molecule has 1 aliphatic rings. The molecular weight excluding hydrogens is 635 g/mol. The number of pyridine rings is 1. The van der Waals surface area contributed by atoms with Crippen molar-refractivity contribution in [3.8, 4) is 11.1 Å². The molecule has 0 spiro atoms. The highest BCUT2D eigenvalue weighted by Gasteiger charge is 2.39. The van der Waals surface area contributed by atoms with E-state index in [0.29, 0.717) is 52.8 Å². The van der Waals surface area contributed by atoms with Crippen molar-refractivity contribution in [3.05, 3.63) is 95.0 Å². The van der Waals surface area contributed by atoms with Gasteiger partial charge in [-0.05, 0) is 85.7 Å². The van der Waals surface area contributed by atoms with Crippen LogP contribution >= 0.6 is 0 Å². The fourth-order valence-corrected chi connectivity index (χ4v) is 6.31. The Bertz CT molecular complexity index is 2050. The summed E-state index contributed by atoms with van der Waals surface area (Å²) in [5.74, 6) is -0.325. The van der Waals surface area contributed by atoms with Crippen molar-refractivity contribution < 1.29 is 27.5 Å². The van der Waals surface area contributed by atoms with Gasteiger partial charge < -0.3 is 19.1 Å². The van der Waals surface area contributed by atoms with Gasteiger partial charge in [-0.1, -0.05) is 13.0 Å². The lowest BCUT2D eigenvalue weighted by molar-refractivity contribution is -0.141. The number of rotatable bonds is 7. The Kier molecular flexibility index (Phi) is 8.72. The number of benzene rings is 2. The van der Waals surface area contributed by atoms with Gasteiger partial charge >= 0.3 is 12.3 Å². The van der Waals surface area contributed by atoms with E-state index in [9.17, 15) is 22.8 Å². The van der Waals surface area contributed by atoms with Gasteiger partial charge in [0.25, 0.3) is 5.91 Å². The summed E-state index contributed by atoms with van der Waals surface area (Å²) in [6.45, 7) is 8.23. The van der Waals surface area contributed by atoms with Crippen LogP contribution in [0.15, 0.2) is 61.4 Å². The molecule has 2 aromatic carbocycles. The number of ether oxygens (including phenoxy) is 1. The Labute approximate surface area is 282 Å². The molecule has 256 valence electrons. The van der Waals surface area contributed by atoms with Crippen molar-refractivity contribution >= 4 is 28.6 Å². The van der Waals surface area contributed by atoms with Crippen LogP contribution in [0.25, 0.3) is 22.0 Å². The van der Waals surface area contributed by atoms with E-state index >= 15 is 0 Å². The molecule has 0 N–H and O–H groups in total. The van der Waals surface area contributed by atoms with Gasteiger partial charge in [0.05, 0.1) is 24.1 Å². The number of amides is 2. The highest BCUT2D eigenvalue weighted by Crippen LogP contribution is 2.41. The summed E-state index contributed by atoms with van der Waals surface area (Å²) in [6.07, 6.45) is 3.85. The normalized spacial score (nSPS) is 13.6. The third-order valence-corrected chi connectivity index (χ3v) is 8.45. The monoisotopic (exact) mass is 673 g/mol. The minimum Gasteiger partial charge on any atom is -0.444 e. The van der Waals surface area contributed by atoms with E-state index in [1.165, 1.54) is 18.1 Å². The molecule has 0 atom stereocenters. The predicted octanol–water partition coefficient (Wildman–Crippen LogP) is 7.03. The lowest BCUT2D eigenvalue weighted by Gasteiger charge is -2.31. The van der Waals surface area contributed by atoms with Gasteiger partial charge in [-0.25, -0.2) is 9.78 Å². The topological polar surface area (TPSA) is 98.4 Å². The van der Waals surface area contributed by atoms with Crippen LogP contribution in [0.4, 0.5) is 23.7 Å². The molecule has 2 amide bonds. The number of aromatic nitrogens is 5. The molecule has 1 aliphatic heterocycles. The minimum atomic E-state index is -4.68. The number of nitrogens with zero attached hydrogens (tertiary/aromatic N) is 7. The number of hydrogen-bond donors (Lipinski definition) is 0. The van der Waals surface area contributed by atoms with Crippen LogP contribution in [0.1, 0.15) is 66.0 Å². The van der Waals surface area contributed by atoms with E-state index in [-0.39, 0.29) is 24.6 Å². The lowest BCUT2D eigenvalue weighted by atomic mass is 9.87. The molecule has 0 unspecified atom stereocenters. The lowest BCUT2D eigenvalue weighted by Crippen LogP contribution is -2.38. The molecule has 5 aromatic rings. The second-order valence-corrected chi connectivity index (χ2v) is 13.3. The zero-order valence-corrected chi connectivity index (χ0v) is 28.3. The van der Waals surface area contributed by atoms with Crippen LogP contribution in [-0.4, -0.2) is 60.4 Å². The summed E-state index contributed by atoms with van der Waals surface area (Å²) in [5.41, 5.74) is 3.22. The quantitative estimate of drug-likeness (QED) is 0.184. The van der Waals surface area contributed by atoms with Gasteiger partial charge in [0.1, 0.15) is 5.60 Å². The number of fused-ring (bicyclic) bond motifs is 2. The summed E-state index contributed by atoms with van der Waals surface area (Å²) < 4.78 is 51.1. The Balaban J connectivity index is 1.45. The molecule has 0 bridgehead atoms. The molecule has 10 nitrogen and oxygen atoms in total. The van der Waals surface area contributed by atoms with E-state index in [4.69, 9.17) is 4.74 Å². The fourth-order valence-electron chi connectivity index (χ4n) is 6.31. The van der Waals surface area contributed by atoms with Crippen LogP contribution in [0.2, 0.25) is 0 Å². The smallest absolute Gasteiger partial charge is 0.435 e. The maximum absolute atomic E-state index is 14.5. The molecule has 49 heavy (non-hydrogen) atoms. The van der Waals surface area contributed by atoms with Crippen LogP contribution in [0.3, 0.4) is 0 Å². The summed E-state index contributed by atoms with van der Waals surface area (Å²) in [5, 5.41) is 4.49. The number of hydrogen-bond acceptors (Lipinski definition) is 6. The Morgan fingerprint density at radius 1 is 1.04 bits per heavy atom. The molecule has 0 fully saturated rings. The third kappa shape index (κ3) is 6.87. The average molecular weight is 674 g/mol. The van der Waals surface area contributed by atoms with Gasteiger partial charge in [0.15, 0.2) is 5.69 Å². The number of imidazole rings is 1. The standard InChI is InChI=1S/C36H38F3N7O3/c1-7-22-14-24(19-43(5)34(48)49-35(2,3)4)31-28(15-22)30(8-10-41-31)46-12-9-25-26(29-20-44(6)42-32(29)36(37,38)39)16-23(17-27(25)33(46)47)18-45-13-11-40-21-45/h8,10-11,13-17,20-21H,7,9,12,18-19H2,1-6H3. The van der Waals surface area contributed by atoms with Crippen molar-refractivity contribution in [2.75, 3.05) is 18.5 Å². The van der Waals surface area contributed by atoms with Gasteiger partial charge in [-0.2, -0.15) is 18.3 Å². The van der Waals surface area contributed by atoms with Crippen molar-refractivity contribution in [1.29, 1.82) is 0 Å². The number of aryl methyl sites for hydroxylation is 2. The molecule has 4 heterocycles. The number of halogens is 3.